The summed E-state index contributed by atoms with van der Waals surface area (Å²) >= 11 is 0. The first-order valence-electron chi connectivity index (χ1n) is 10.6. The van der Waals surface area contributed by atoms with Crippen LogP contribution < -0.4 is 10.1 Å². The Hall–Kier alpha value is -2.85. The molecule has 0 spiro atoms. The Morgan fingerprint density at radius 3 is 2.56 bits per heavy atom. The minimum Gasteiger partial charge on any atom is -0.494 e. The lowest BCUT2D eigenvalue weighted by Crippen LogP contribution is -2.42. The number of nitrogens with one attached hydrogen (secondary N) is 1. The highest BCUT2D eigenvalue weighted by Crippen LogP contribution is 2.25. The van der Waals surface area contributed by atoms with Gasteiger partial charge in [-0.15, -0.1) is 0 Å². The highest BCUT2D eigenvalue weighted by molar-refractivity contribution is 7.89. The number of sulfonamides is 1. The van der Waals surface area contributed by atoms with Crippen LogP contribution in [0.5, 0.6) is 5.75 Å². The molecular weight excluding hydrogens is 436 g/mol. The molecule has 1 aliphatic rings. The molecule has 1 N–H and O–H groups in total. The van der Waals surface area contributed by atoms with E-state index in [0.717, 1.165) is 11.3 Å². The number of ether oxygens (including phenoxy) is 2. The zero-order chi connectivity index (χ0) is 23.1. The number of carbonyl (C=O) groups excluding carboxylic acids is 2. The van der Waals surface area contributed by atoms with Crippen molar-refractivity contribution in [2.75, 3.05) is 26.3 Å². The second-order valence-electron chi connectivity index (χ2n) is 7.32. The quantitative estimate of drug-likeness (QED) is 0.567. The predicted molar refractivity (Wildman–Crippen MR) is 116 cm³/mol. The van der Waals surface area contributed by atoms with E-state index in [1.807, 2.05) is 31.2 Å². The first-order chi connectivity index (χ1) is 15.3. The molecule has 1 aliphatic heterocycles. The maximum atomic E-state index is 12.8. The molecule has 10 heteroatoms. The molecule has 3 rings (SSSR count). The maximum absolute atomic E-state index is 12.8. The van der Waals surface area contributed by atoms with Crippen LogP contribution in [-0.4, -0.2) is 50.9 Å². The number of carbonyl (C=O) groups is 2. The third kappa shape index (κ3) is 5.68. The Kier molecular flexibility index (Phi) is 7.92. The molecule has 2 heterocycles. The van der Waals surface area contributed by atoms with Crippen LogP contribution in [-0.2, 0) is 26.1 Å². The van der Waals surface area contributed by atoms with Crippen molar-refractivity contribution in [3.05, 3.63) is 47.7 Å². The molecule has 0 atom stereocenters. The van der Waals surface area contributed by atoms with Crippen molar-refractivity contribution in [3.63, 3.8) is 0 Å². The van der Waals surface area contributed by atoms with Gasteiger partial charge in [0.2, 0.25) is 16.8 Å². The minimum atomic E-state index is -3.89. The molecule has 0 aliphatic carbocycles. The first-order valence-corrected chi connectivity index (χ1v) is 12.1. The van der Waals surface area contributed by atoms with Crippen molar-refractivity contribution in [1.29, 1.82) is 0 Å². The van der Waals surface area contributed by atoms with Crippen molar-refractivity contribution in [2.24, 2.45) is 5.92 Å². The summed E-state index contributed by atoms with van der Waals surface area (Å²) in [6.45, 7) is 5.05. The Balaban J connectivity index is 1.53. The molecule has 1 amide bonds. The zero-order valence-electron chi connectivity index (χ0n) is 18.2. The van der Waals surface area contributed by atoms with Crippen LogP contribution in [0.1, 0.15) is 42.8 Å². The number of rotatable bonds is 9. The summed E-state index contributed by atoms with van der Waals surface area (Å²) in [5.74, 6) is -0.499. The van der Waals surface area contributed by atoms with Gasteiger partial charge >= 0.3 is 5.97 Å². The summed E-state index contributed by atoms with van der Waals surface area (Å²) in [6.07, 6.45) is 0.797. The fourth-order valence-corrected chi connectivity index (χ4v) is 4.88. The van der Waals surface area contributed by atoms with Crippen LogP contribution in [0, 0.1) is 5.92 Å². The second-order valence-corrected chi connectivity index (χ2v) is 9.18. The van der Waals surface area contributed by atoms with E-state index in [4.69, 9.17) is 13.9 Å². The lowest BCUT2D eigenvalue weighted by atomic mass is 9.97. The molecule has 0 bridgehead atoms. The molecule has 174 valence electrons. The van der Waals surface area contributed by atoms with Gasteiger partial charge < -0.3 is 19.2 Å². The van der Waals surface area contributed by atoms with Gasteiger partial charge in [0.1, 0.15) is 5.75 Å². The van der Waals surface area contributed by atoms with Crippen molar-refractivity contribution < 1.29 is 31.9 Å². The zero-order valence-corrected chi connectivity index (χ0v) is 19.0. The number of nitrogens with zero attached hydrogens (tertiary/aromatic N) is 1. The molecular formula is C22H28N2O7S. The van der Waals surface area contributed by atoms with Gasteiger partial charge in [0.05, 0.1) is 13.2 Å². The largest absolute Gasteiger partial charge is 0.494 e. The van der Waals surface area contributed by atoms with Crippen LogP contribution >= 0.6 is 0 Å². The normalized spacial score (nSPS) is 15.3. The van der Waals surface area contributed by atoms with Gasteiger partial charge in [-0.2, -0.15) is 4.31 Å². The van der Waals surface area contributed by atoms with E-state index >= 15 is 0 Å². The highest BCUT2D eigenvalue weighted by atomic mass is 32.2. The van der Waals surface area contributed by atoms with Crippen LogP contribution in [0.15, 0.2) is 45.9 Å². The summed E-state index contributed by atoms with van der Waals surface area (Å²) in [5.41, 5.74) is 0.930. The molecule has 1 aromatic heterocycles. The van der Waals surface area contributed by atoms with Gasteiger partial charge in [0, 0.05) is 25.6 Å². The van der Waals surface area contributed by atoms with Gasteiger partial charge in [0.15, 0.2) is 0 Å². The van der Waals surface area contributed by atoms with Crippen LogP contribution in [0.3, 0.4) is 0 Å². The fourth-order valence-electron chi connectivity index (χ4n) is 3.50. The first kappa shape index (κ1) is 23.8. The average molecular weight is 465 g/mol. The van der Waals surface area contributed by atoms with Crippen LogP contribution in [0.4, 0.5) is 0 Å². The van der Waals surface area contributed by atoms with Crippen LogP contribution in [0.2, 0.25) is 0 Å². The lowest BCUT2D eigenvalue weighted by molar-refractivity contribution is -0.126. The number of hydrogen-bond acceptors (Lipinski definition) is 7. The van der Waals surface area contributed by atoms with E-state index in [2.05, 4.69) is 5.32 Å². The molecule has 1 aromatic carbocycles. The Morgan fingerprint density at radius 2 is 1.88 bits per heavy atom. The molecule has 0 saturated carbocycles. The molecule has 2 aromatic rings. The Labute approximate surface area is 187 Å². The summed E-state index contributed by atoms with van der Waals surface area (Å²) in [4.78, 5) is 24.3. The number of piperidine rings is 1. The van der Waals surface area contributed by atoms with E-state index in [9.17, 15) is 18.0 Å². The number of hydrogen-bond donors (Lipinski definition) is 1. The summed E-state index contributed by atoms with van der Waals surface area (Å²) < 4.78 is 42.4. The molecule has 0 unspecified atom stereocenters. The van der Waals surface area contributed by atoms with E-state index in [1.54, 1.807) is 6.92 Å². The van der Waals surface area contributed by atoms with Gasteiger partial charge in [-0.25, -0.2) is 13.2 Å². The standard InChI is InChI=1S/C22H28N2O7S/c1-3-29-18-7-5-6-16(14-18)15-23-21(25)17-10-12-24(13-11-17)32(27,28)20-9-8-19(31-20)22(26)30-4-2/h5-9,14,17H,3-4,10-13,15H2,1-2H3,(H,23,25). The van der Waals surface area contributed by atoms with Gasteiger partial charge in [-0.05, 0) is 56.5 Å². The number of esters is 1. The Bertz CT molecular complexity index is 1040. The van der Waals surface area contributed by atoms with Gasteiger partial charge in [0.25, 0.3) is 10.0 Å². The lowest BCUT2D eigenvalue weighted by Gasteiger charge is -2.29. The fraction of sp³-hybridized carbons (Fsp3) is 0.455. The minimum absolute atomic E-state index is 0.105. The molecule has 1 saturated heterocycles. The third-order valence-electron chi connectivity index (χ3n) is 5.15. The van der Waals surface area contributed by atoms with Crippen molar-refractivity contribution >= 4 is 21.9 Å². The number of amides is 1. The summed E-state index contributed by atoms with van der Waals surface area (Å²) in [6, 6.07) is 10.1. The maximum Gasteiger partial charge on any atom is 0.374 e. The van der Waals surface area contributed by atoms with E-state index < -0.39 is 16.0 Å². The van der Waals surface area contributed by atoms with Crippen molar-refractivity contribution in [2.45, 2.75) is 38.3 Å². The SMILES string of the molecule is CCOC(=O)c1ccc(S(=O)(=O)N2CCC(C(=O)NCc3cccc(OCC)c3)CC2)o1. The predicted octanol–water partition coefficient (Wildman–Crippen LogP) is 2.57. The second kappa shape index (κ2) is 10.6. The van der Waals surface area contributed by atoms with Gasteiger partial charge in [-0.1, -0.05) is 12.1 Å². The average Bonchev–Trinajstić information content (AvgIpc) is 3.30. The molecule has 9 nitrogen and oxygen atoms in total. The topological polar surface area (TPSA) is 115 Å². The monoisotopic (exact) mass is 464 g/mol. The van der Waals surface area contributed by atoms with E-state index in [-0.39, 0.29) is 42.4 Å². The van der Waals surface area contributed by atoms with E-state index in [0.29, 0.717) is 26.0 Å². The molecule has 0 radical (unpaired) electrons. The van der Waals surface area contributed by atoms with Gasteiger partial charge in [-0.3, -0.25) is 4.79 Å². The number of furan rings is 1. The van der Waals surface area contributed by atoms with Crippen LogP contribution in [0.25, 0.3) is 0 Å². The summed E-state index contributed by atoms with van der Waals surface area (Å²) in [7, 11) is -3.89. The molecule has 1 fully saturated rings. The molecule has 32 heavy (non-hydrogen) atoms. The number of benzene rings is 1. The third-order valence-corrected chi connectivity index (χ3v) is 6.93. The smallest absolute Gasteiger partial charge is 0.374 e. The summed E-state index contributed by atoms with van der Waals surface area (Å²) in [5, 5.41) is 2.61. The van der Waals surface area contributed by atoms with E-state index in [1.165, 1.54) is 16.4 Å². The van der Waals surface area contributed by atoms with Crippen molar-refractivity contribution in [3.8, 4) is 5.75 Å². The Morgan fingerprint density at radius 1 is 1.12 bits per heavy atom. The highest BCUT2D eigenvalue weighted by Gasteiger charge is 2.34. The van der Waals surface area contributed by atoms with Crippen molar-refractivity contribution in [1.82, 2.24) is 9.62 Å².